The number of alkyl halides is 3. The molecule has 0 fully saturated rings. The summed E-state index contributed by atoms with van der Waals surface area (Å²) in [6.07, 6.45) is -0.894. The second-order valence-electron chi connectivity index (χ2n) is 7.68. The summed E-state index contributed by atoms with van der Waals surface area (Å²) >= 11 is 0. The molecule has 3 rings (SSSR count). The van der Waals surface area contributed by atoms with Gasteiger partial charge in [0, 0.05) is 35.2 Å². The molecule has 8 heteroatoms. The number of hydrogen-bond acceptors (Lipinski definition) is 3. The molecule has 0 radical (unpaired) electrons. The molecule has 0 aliphatic rings. The van der Waals surface area contributed by atoms with Crippen molar-refractivity contribution < 1.29 is 21.6 Å². The van der Waals surface area contributed by atoms with Crippen LogP contribution in [0.2, 0.25) is 0 Å². The molecule has 1 heterocycles. The molecular weight excluding hydrogens is 413 g/mol. The van der Waals surface area contributed by atoms with Gasteiger partial charge in [-0.2, -0.15) is 18.4 Å². The summed E-state index contributed by atoms with van der Waals surface area (Å²) in [5.41, 5.74) is 1.29. The van der Waals surface area contributed by atoms with Crippen LogP contribution in [-0.4, -0.2) is 19.7 Å². The monoisotopic (exact) mass is 434 g/mol. The van der Waals surface area contributed by atoms with Gasteiger partial charge in [0.1, 0.15) is 0 Å². The fourth-order valence-electron chi connectivity index (χ4n) is 3.84. The largest absolute Gasteiger partial charge is 0.416 e. The molecule has 0 amide bonds. The van der Waals surface area contributed by atoms with E-state index in [9.17, 15) is 21.6 Å². The van der Waals surface area contributed by atoms with Gasteiger partial charge in [0.05, 0.1) is 17.4 Å². The number of hydrogen-bond donors (Lipinski definition) is 1. The van der Waals surface area contributed by atoms with Crippen molar-refractivity contribution in [2.24, 2.45) is 0 Å². The van der Waals surface area contributed by atoms with Gasteiger partial charge in [-0.1, -0.05) is 37.3 Å². The third kappa shape index (κ3) is 4.36. The van der Waals surface area contributed by atoms with Gasteiger partial charge in [-0.3, -0.25) is 0 Å². The molecule has 0 saturated carbocycles. The number of benzene rings is 2. The Hall–Kier alpha value is -2.79. The van der Waals surface area contributed by atoms with E-state index in [4.69, 9.17) is 5.26 Å². The molecule has 1 aromatic heterocycles. The summed E-state index contributed by atoms with van der Waals surface area (Å²) in [5.74, 6) is -0.126. The summed E-state index contributed by atoms with van der Waals surface area (Å²) in [4.78, 5) is 3.14. The number of nitrogens with zero attached hydrogens (tertiary/aromatic N) is 1. The lowest BCUT2D eigenvalue weighted by molar-refractivity contribution is -0.137. The van der Waals surface area contributed by atoms with Crippen LogP contribution in [0.1, 0.15) is 42.0 Å². The molecule has 0 aliphatic heterocycles. The Morgan fingerprint density at radius 2 is 1.70 bits per heavy atom. The van der Waals surface area contributed by atoms with Gasteiger partial charge in [0.25, 0.3) is 0 Å². The van der Waals surface area contributed by atoms with Gasteiger partial charge in [-0.25, -0.2) is 8.42 Å². The Balaban J connectivity index is 2.15. The predicted octanol–water partition coefficient (Wildman–Crippen LogP) is 5.34. The van der Waals surface area contributed by atoms with Crippen LogP contribution < -0.4 is 0 Å². The minimum atomic E-state index is -4.43. The van der Waals surface area contributed by atoms with E-state index in [1.807, 2.05) is 13.0 Å². The summed E-state index contributed by atoms with van der Waals surface area (Å²) in [7, 11) is -3.25. The molecule has 0 bridgehead atoms. The van der Waals surface area contributed by atoms with E-state index in [2.05, 4.69) is 11.1 Å². The summed E-state index contributed by atoms with van der Waals surface area (Å²) in [6.45, 7) is 1.89. The Morgan fingerprint density at radius 1 is 1.07 bits per heavy atom. The Bertz CT molecular complexity index is 1210. The molecule has 3 aromatic rings. The van der Waals surface area contributed by atoms with Gasteiger partial charge < -0.3 is 4.98 Å². The molecule has 0 aliphatic carbocycles. The second-order valence-corrected chi connectivity index (χ2v) is 9.82. The molecule has 2 aromatic carbocycles. The first kappa shape index (κ1) is 21.9. The van der Waals surface area contributed by atoms with Crippen LogP contribution in [0.3, 0.4) is 0 Å². The highest BCUT2D eigenvalue weighted by atomic mass is 32.2. The van der Waals surface area contributed by atoms with E-state index in [0.717, 1.165) is 29.3 Å². The highest BCUT2D eigenvalue weighted by Crippen LogP contribution is 2.41. The normalized spacial score (nSPS) is 14.4. The molecule has 158 valence electrons. The third-order valence-electron chi connectivity index (χ3n) is 5.40. The number of nitrogens with one attached hydrogen (secondary N) is 1. The lowest BCUT2D eigenvalue weighted by atomic mass is 9.73. The van der Waals surface area contributed by atoms with E-state index < -0.39 is 27.0 Å². The van der Waals surface area contributed by atoms with Crippen LogP contribution in [0.4, 0.5) is 13.2 Å². The van der Waals surface area contributed by atoms with Gasteiger partial charge >= 0.3 is 6.18 Å². The van der Waals surface area contributed by atoms with E-state index in [1.165, 1.54) is 12.1 Å². The lowest BCUT2D eigenvalue weighted by Crippen LogP contribution is -2.23. The van der Waals surface area contributed by atoms with E-state index in [0.29, 0.717) is 23.1 Å². The third-order valence-corrected chi connectivity index (χ3v) is 6.24. The molecule has 4 nitrogen and oxygen atoms in total. The SMILES string of the molecule is CC(CCC#N)(c1ccc(C(F)(F)F)cc1)c1c[nH]c2c(CS(C)(=O)=O)cccc12. The predicted molar refractivity (Wildman–Crippen MR) is 110 cm³/mol. The van der Waals surface area contributed by atoms with Crippen LogP contribution in [-0.2, 0) is 27.2 Å². The first-order valence-corrected chi connectivity index (χ1v) is 11.3. The minimum Gasteiger partial charge on any atom is -0.361 e. The van der Waals surface area contributed by atoms with E-state index in [1.54, 1.807) is 18.3 Å². The quantitative estimate of drug-likeness (QED) is 0.569. The summed E-state index contributed by atoms with van der Waals surface area (Å²) in [6, 6.07) is 12.4. The number of nitriles is 1. The molecule has 0 spiro atoms. The van der Waals surface area contributed by atoms with Crippen molar-refractivity contribution >= 4 is 20.7 Å². The number of fused-ring (bicyclic) bond motifs is 1. The lowest BCUT2D eigenvalue weighted by Gasteiger charge is -2.30. The number of H-pyrrole nitrogens is 1. The average molecular weight is 434 g/mol. The molecule has 1 unspecified atom stereocenters. The zero-order valence-corrected chi connectivity index (χ0v) is 17.4. The van der Waals surface area contributed by atoms with Crippen molar-refractivity contribution in [3.05, 3.63) is 70.9 Å². The first-order chi connectivity index (χ1) is 14.0. The summed E-state index contributed by atoms with van der Waals surface area (Å²) < 4.78 is 62.5. The van der Waals surface area contributed by atoms with Gasteiger partial charge in [-0.15, -0.1) is 0 Å². The number of para-hydroxylation sites is 1. The van der Waals surface area contributed by atoms with Crippen molar-refractivity contribution in [1.82, 2.24) is 4.98 Å². The Kier molecular flexibility index (Phi) is 5.70. The first-order valence-electron chi connectivity index (χ1n) is 9.27. The average Bonchev–Trinajstić information content (AvgIpc) is 3.10. The number of aromatic amines is 1. The van der Waals surface area contributed by atoms with Gasteiger partial charge in [-0.05, 0) is 35.2 Å². The van der Waals surface area contributed by atoms with Crippen molar-refractivity contribution in [3.63, 3.8) is 0 Å². The van der Waals surface area contributed by atoms with Crippen LogP contribution in [0.5, 0.6) is 0 Å². The maximum atomic E-state index is 13.0. The van der Waals surface area contributed by atoms with Crippen LogP contribution >= 0.6 is 0 Å². The Labute approximate surface area is 173 Å². The fourth-order valence-corrected chi connectivity index (χ4v) is 4.65. The topological polar surface area (TPSA) is 73.7 Å². The van der Waals surface area contributed by atoms with Crippen LogP contribution in [0, 0.1) is 11.3 Å². The zero-order chi connectivity index (χ0) is 22.2. The molecule has 1 N–H and O–H groups in total. The van der Waals surface area contributed by atoms with Gasteiger partial charge in [0.2, 0.25) is 0 Å². The zero-order valence-electron chi connectivity index (χ0n) is 16.5. The van der Waals surface area contributed by atoms with Crippen molar-refractivity contribution in [1.29, 1.82) is 5.26 Å². The Morgan fingerprint density at radius 3 is 2.27 bits per heavy atom. The number of aromatic nitrogens is 1. The fraction of sp³-hybridized carbons (Fsp3) is 0.318. The number of halogens is 3. The number of sulfone groups is 1. The second kappa shape index (κ2) is 7.80. The van der Waals surface area contributed by atoms with Gasteiger partial charge in [0.15, 0.2) is 9.84 Å². The van der Waals surface area contributed by atoms with Crippen molar-refractivity contribution in [2.45, 2.75) is 37.1 Å². The smallest absolute Gasteiger partial charge is 0.361 e. The molecule has 1 atom stereocenters. The number of rotatable bonds is 6. The molecule has 30 heavy (non-hydrogen) atoms. The van der Waals surface area contributed by atoms with E-state index >= 15 is 0 Å². The van der Waals surface area contributed by atoms with Crippen LogP contribution in [0.25, 0.3) is 10.9 Å². The van der Waals surface area contributed by atoms with E-state index in [-0.39, 0.29) is 12.2 Å². The van der Waals surface area contributed by atoms with Crippen LogP contribution in [0.15, 0.2) is 48.7 Å². The minimum absolute atomic E-state index is 0.126. The highest BCUT2D eigenvalue weighted by molar-refractivity contribution is 7.89. The molecule has 0 saturated heterocycles. The maximum Gasteiger partial charge on any atom is 0.416 e. The summed E-state index contributed by atoms with van der Waals surface area (Å²) in [5, 5.41) is 9.92. The molecular formula is C22H21F3N2O2S. The van der Waals surface area contributed by atoms with Crippen molar-refractivity contribution in [2.75, 3.05) is 6.26 Å². The maximum absolute atomic E-state index is 13.0. The van der Waals surface area contributed by atoms with Crippen molar-refractivity contribution in [3.8, 4) is 6.07 Å². The highest BCUT2D eigenvalue weighted by Gasteiger charge is 2.34. The standard InChI is InChI=1S/C22H21F3N2O2S/c1-21(11-4-12-26,16-7-9-17(10-8-16)22(23,24)25)19-13-27-20-15(14-30(2,28)29)5-3-6-18(19)20/h3,5-10,13,27H,4,11,14H2,1-2H3.